The maximum Gasteiger partial charge on any atom is 0.325 e. The number of anilines is 1. The van der Waals surface area contributed by atoms with E-state index >= 15 is 0 Å². The molecule has 0 spiro atoms. The average molecular weight is 986 g/mol. The Kier molecular flexibility index (Phi) is 15.1. The number of ether oxygens (including phenoxy) is 3. The van der Waals surface area contributed by atoms with Crippen LogP contribution in [0.1, 0.15) is 74.6 Å². The number of nitrogens with zero attached hydrogens (tertiary/aromatic N) is 5. The highest BCUT2D eigenvalue weighted by Crippen LogP contribution is 2.41. The highest BCUT2D eigenvalue weighted by molar-refractivity contribution is 6.03. The minimum Gasteiger partial charge on any atom is -0.508 e. The van der Waals surface area contributed by atoms with Crippen molar-refractivity contribution >= 4 is 52.2 Å². The van der Waals surface area contributed by atoms with Crippen molar-refractivity contribution in [2.45, 2.75) is 104 Å². The van der Waals surface area contributed by atoms with Gasteiger partial charge in [-0.2, -0.15) is 0 Å². The number of cyclic esters (lactones) is 1. The van der Waals surface area contributed by atoms with Crippen LogP contribution in [0.25, 0.3) is 33.3 Å². The molecule has 0 aliphatic carbocycles. The number of aryl methyl sites for hydroxylation is 1. The number of esters is 2. The number of hydrazine groups is 1. The van der Waals surface area contributed by atoms with Crippen LogP contribution in [-0.2, 0) is 64.2 Å². The predicted octanol–water partition coefficient (Wildman–Crippen LogP) is 4.53. The monoisotopic (exact) mass is 985 g/mol. The zero-order valence-electron chi connectivity index (χ0n) is 41.9. The molecule has 6 heterocycles. The van der Waals surface area contributed by atoms with Crippen LogP contribution in [0.2, 0.25) is 0 Å². The van der Waals surface area contributed by atoms with Crippen LogP contribution in [0.3, 0.4) is 0 Å². The SMILES string of the molecule is CCn1c(-c2cnccc2COC)c2c3cc(ccc31)-c1cc(O)cc(c1)C[C@H](NC(=O)C(C(C)C)N(C)C(=O)c1ccc(NC(=O)[C@H]3N[C@H]3C(=O)OC)cn1)C(=O)N1CCC[C@H](N1)C(=O)OCC(C)(C)C2. The summed E-state index contributed by atoms with van der Waals surface area (Å²) in [5, 5.41) is 22.0. The number of hydrogen-bond donors (Lipinski definition) is 5. The van der Waals surface area contributed by atoms with Gasteiger partial charge in [0.05, 0.1) is 37.9 Å². The van der Waals surface area contributed by atoms with E-state index in [2.05, 4.69) is 73.6 Å². The molecule has 6 bridgehead atoms. The third-order valence-corrected chi connectivity index (χ3v) is 13.5. The molecule has 3 aromatic heterocycles. The molecule has 2 fully saturated rings. The number of likely N-dealkylation sites (N-methyl/N-ethyl adjacent to an activating group) is 1. The summed E-state index contributed by atoms with van der Waals surface area (Å²) in [6.07, 6.45) is 6.27. The van der Waals surface area contributed by atoms with Crippen molar-refractivity contribution < 1.29 is 48.1 Å². The molecule has 19 heteroatoms. The number of pyridine rings is 2. The molecule has 72 heavy (non-hydrogen) atoms. The molecular formula is C53H63N9O10. The molecule has 0 saturated carbocycles. The average Bonchev–Trinajstić information content (AvgIpc) is 4.12. The van der Waals surface area contributed by atoms with Crippen molar-refractivity contribution in [3.63, 3.8) is 0 Å². The fourth-order valence-electron chi connectivity index (χ4n) is 9.93. The highest BCUT2D eigenvalue weighted by Gasteiger charge is 2.48. The van der Waals surface area contributed by atoms with E-state index in [1.54, 1.807) is 39.3 Å². The summed E-state index contributed by atoms with van der Waals surface area (Å²) >= 11 is 0. The van der Waals surface area contributed by atoms with E-state index in [1.165, 1.54) is 42.4 Å². The zero-order valence-corrected chi connectivity index (χ0v) is 41.9. The highest BCUT2D eigenvalue weighted by atomic mass is 16.5. The van der Waals surface area contributed by atoms with Crippen molar-refractivity contribution in [1.29, 1.82) is 0 Å². The quantitative estimate of drug-likeness (QED) is 0.0852. The van der Waals surface area contributed by atoms with Crippen LogP contribution in [0.15, 0.2) is 73.2 Å². The van der Waals surface area contributed by atoms with Gasteiger partial charge in [0.25, 0.3) is 11.8 Å². The number of methoxy groups -OCH3 is 2. The summed E-state index contributed by atoms with van der Waals surface area (Å²) in [6, 6.07) is 11.5. The summed E-state index contributed by atoms with van der Waals surface area (Å²) in [4.78, 5) is 91.8. The van der Waals surface area contributed by atoms with E-state index in [1.807, 2.05) is 24.4 Å². The maximum atomic E-state index is 14.8. The first-order valence-electron chi connectivity index (χ1n) is 24.2. The molecule has 8 rings (SSSR count). The van der Waals surface area contributed by atoms with Gasteiger partial charge in [-0.25, -0.2) is 10.4 Å². The van der Waals surface area contributed by atoms with Gasteiger partial charge in [-0.1, -0.05) is 39.8 Å². The first kappa shape index (κ1) is 51.1. The number of carbonyl (C=O) groups excluding carboxylic acids is 6. The Labute approximate surface area is 418 Å². The Bertz CT molecular complexity index is 2900. The molecule has 5 aromatic rings. The number of phenols is 1. The molecule has 19 nitrogen and oxygen atoms in total. The van der Waals surface area contributed by atoms with Gasteiger partial charge in [-0.05, 0) is 102 Å². The van der Waals surface area contributed by atoms with E-state index in [0.717, 1.165) is 38.9 Å². The van der Waals surface area contributed by atoms with Crippen molar-refractivity contribution in [2.24, 2.45) is 11.3 Å². The minimum absolute atomic E-state index is 0.00921. The van der Waals surface area contributed by atoms with Crippen molar-refractivity contribution in [3.8, 4) is 28.1 Å². The number of nitrogens with one attached hydrogen (secondary N) is 4. The second kappa shape index (κ2) is 21.2. The third kappa shape index (κ3) is 10.8. The van der Waals surface area contributed by atoms with Crippen LogP contribution in [0.5, 0.6) is 5.75 Å². The summed E-state index contributed by atoms with van der Waals surface area (Å²) in [7, 11) is 4.37. The lowest BCUT2D eigenvalue weighted by molar-refractivity contribution is -0.155. The second-order valence-electron chi connectivity index (χ2n) is 19.9. The first-order valence-corrected chi connectivity index (χ1v) is 24.2. The molecule has 2 saturated heterocycles. The topological polar surface area (TPSA) is 246 Å². The van der Waals surface area contributed by atoms with E-state index in [0.29, 0.717) is 43.5 Å². The summed E-state index contributed by atoms with van der Waals surface area (Å²) in [6.45, 7) is 11.1. The van der Waals surface area contributed by atoms with Crippen LogP contribution >= 0.6 is 0 Å². The van der Waals surface area contributed by atoms with Gasteiger partial charge in [0.15, 0.2) is 0 Å². The Hall–Kier alpha value is -7.22. The number of phenolic OH excluding ortho intramolecular Hbond substituents is 1. The molecule has 1 unspecified atom stereocenters. The number of benzene rings is 2. The Morgan fingerprint density at radius 2 is 1.81 bits per heavy atom. The van der Waals surface area contributed by atoms with E-state index < -0.39 is 77.1 Å². The largest absolute Gasteiger partial charge is 0.508 e. The fraction of sp³-hybridized carbons (Fsp3) is 0.434. The molecule has 5 N–H and O–H groups in total. The van der Waals surface area contributed by atoms with Gasteiger partial charge in [0.1, 0.15) is 41.7 Å². The Balaban J connectivity index is 1.13. The molecule has 4 amide bonds. The molecule has 380 valence electrons. The van der Waals surface area contributed by atoms with E-state index in [-0.39, 0.29) is 36.7 Å². The number of rotatable bonds is 12. The van der Waals surface area contributed by atoms with Gasteiger partial charge in [0.2, 0.25) is 11.8 Å². The van der Waals surface area contributed by atoms with Crippen LogP contribution in [0.4, 0.5) is 5.69 Å². The number of aromatic hydroxyl groups is 1. The van der Waals surface area contributed by atoms with E-state index in [4.69, 9.17) is 9.47 Å². The summed E-state index contributed by atoms with van der Waals surface area (Å²) in [5.41, 5.74) is 9.77. The lowest BCUT2D eigenvalue weighted by Crippen LogP contribution is -2.62. The Morgan fingerprint density at radius 1 is 1.01 bits per heavy atom. The normalized spacial score (nSPS) is 20.3. The van der Waals surface area contributed by atoms with Gasteiger partial charge >= 0.3 is 11.9 Å². The minimum atomic E-state index is -1.23. The summed E-state index contributed by atoms with van der Waals surface area (Å²) in [5.74, 6) is -3.76. The lowest BCUT2D eigenvalue weighted by atomic mass is 9.84. The molecule has 3 aliphatic heterocycles. The lowest BCUT2D eigenvalue weighted by Gasteiger charge is -2.36. The molecular weight excluding hydrogens is 923 g/mol. The first-order chi connectivity index (χ1) is 34.4. The molecule has 2 aromatic carbocycles. The molecule has 3 aliphatic rings. The van der Waals surface area contributed by atoms with Gasteiger partial charge in [-0.3, -0.25) is 44.1 Å². The maximum absolute atomic E-state index is 14.8. The number of hydrogen-bond acceptors (Lipinski definition) is 14. The number of carbonyl (C=O) groups is 6. The van der Waals surface area contributed by atoms with Crippen molar-refractivity contribution in [1.82, 2.24) is 40.5 Å². The number of fused-ring (bicyclic) bond motifs is 6. The smallest absolute Gasteiger partial charge is 0.325 e. The summed E-state index contributed by atoms with van der Waals surface area (Å²) < 4.78 is 18.7. The fourth-order valence-corrected chi connectivity index (χ4v) is 9.93. The number of aromatic nitrogens is 3. The van der Waals surface area contributed by atoms with Crippen LogP contribution in [0, 0.1) is 11.3 Å². The van der Waals surface area contributed by atoms with Crippen molar-refractivity contribution in [2.75, 3.05) is 39.7 Å². The molecule has 0 radical (unpaired) electrons. The van der Waals surface area contributed by atoms with E-state index in [9.17, 15) is 33.9 Å². The van der Waals surface area contributed by atoms with Crippen LogP contribution < -0.4 is 21.4 Å². The second-order valence-corrected chi connectivity index (χ2v) is 19.9. The van der Waals surface area contributed by atoms with Gasteiger partial charge < -0.3 is 39.4 Å². The number of amides is 4. The molecule has 5 atom stereocenters. The van der Waals surface area contributed by atoms with Gasteiger partial charge in [0, 0.05) is 67.9 Å². The van der Waals surface area contributed by atoms with Crippen molar-refractivity contribution in [3.05, 3.63) is 95.6 Å². The predicted molar refractivity (Wildman–Crippen MR) is 267 cm³/mol. The van der Waals surface area contributed by atoms with Crippen LogP contribution in [-0.4, -0.2) is 130 Å². The Morgan fingerprint density at radius 3 is 2.51 bits per heavy atom. The van der Waals surface area contributed by atoms with Gasteiger partial charge in [-0.15, -0.1) is 0 Å². The third-order valence-electron chi connectivity index (χ3n) is 13.5. The zero-order chi connectivity index (χ0) is 51.6. The standard InChI is InChI=1S/C53H63N9O10/c1-9-61-42-15-12-31-23-36(42)37(46(61)38-26-54-17-16-32(38)27-70-7)24-53(4,5)28-72-51(68)40-11-10-18-62(59-40)50(67)41(21-30-19-33(31)22-35(63)20-30)57-48(65)45(29(2)3)60(6)49(66)39-14-13-34(25-55-39)56-47(64)43-44(58-43)52(69)71-8/h12-17,19-20,22-23,25-26,29,40-41,43-45,58-59,63H,9-11,18,21,24,27-28H2,1-8H3,(H,56,64)(H,57,65)/t40-,41-,43-,44+,45?/m0/s1.